The van der Waals surface area contributed by atoms with Gasteiger partial charge in [-0.15, -0.1) is 0 Å². The number of hydrogen-bond acceptors (Lipinski definition) is 3. The molecular formula is C11H14N4O. The topological polar surface area (TPSA) is 63.6 Å². The Labute approximate surface area is 93.2 Å². The predicted molar refractivity (Wildman–Crippen MR) is 61.1 cm³/mol. The maximum absolute atomic E-state index is 11.4. The Bertz CT molecular complexity index is 541. The van der Waals surface area contributed by atoms with E-state index in [-0.39, 0.29) is 5.56 Å². The second-order valence-corrected chi connectivity index (χ2v) is 3.72. The van der Waals surface area contributed by atoms with Crippen molar-refractivity contribution in [2.45, 2.75) is 19.8 Å². The minimum Gasteiger partial charge on any atom is -0.319 e. The largest absolute Gasteiger partial charge is 0.319 e. The fourth-order valence-electron chi connectivity index (χ4n) is 1.46. The molecule has 2 heterocycles. The van der Waals surface area contributed by atoms with Gasteiger partial charge in [-0.2, -0.15) is 5.10 Å². The fourth-order valence-corrected chi connectivity index (χ4v) is 1.46. The number of aryl methyl sites for hydroxylation is 2. The maximum Gasteiger partial charge on any atom is 0.250 e. The maximum atomic E-state index is 11.4. The molecule has 0 bridgehead atoms. The first-order chi connectivity index (χ1) is 7.70. The zero-order valence-corrected chi connectivity index (χ0v) is 9.40. The van der Waals surface area contributed by atoms with Crippen LogP contribution in [0.2, 0.25) is 0 Å². The van der Waals surface area contributed by atoms with Gasteiger partial charge >= 0.3 is 0 Å². The third-order valence-corrected chi connectivity index (χ3v) is 2.38. The molecule has 1 N–H and O–H groups in total. The van der Waals surface area contributed by atoms with Crippen molar-refractivity contribution in [2.24, 2.45) is 7.05 Å². The van der Waals surface area contributed by atoms with Crippen molar-refractivity contribution < 1.29 is 0 Å². The SMILES string of the molecule is CCCc1nc(-c2ccn(C)c(=O)c2)n[nH]1. The lowest BCUT2D eigenvalue weighted by atomic mass is 10.2. The highest BCUT2D eigenvalue weighted by Crippen LogP contribution is 2.11. The molecule has 0 aliphatic carbocycles. The fraction of sp³-hybridized carbons (Fsp3) is 0.364. The van der Waals surface area contributed by atoms with E-state index >= 15 is 0 Å². The summed E-state index contributed by atoms with van der Waals surface area (Å²) in [6.45, 7) is 2.08. The van der Waals surface area contributed by atoms with E-state index in [4.69, 9.17) is 0 Å². The van der Waals surface area contributed by atoms with Gasteiger partial charge in [-0.3, -0.25) is 9.89 Å². The summed E-state index contributed by atoms with van der Waals surface area (Å²) < 4.78 is 1.52. The second-order valence-electron chi connectivity index (χ2n) is 3.72. The van der Waals surface area contributed by atoms with Gasteiger partial charge in [0.25, 0.3) is 5.56 Å². The molecular weight excluding hydrogens is 204 g/mol. The molecule has 2 aromatic rings. The molecule has 0 unspecified atom stereocenters. The Kier molecular flexibility index (Phi) is 2.85. The summed E-state index contributed by atoms with van der Waals surface area (Å²) in [5, 5.41) is 6.96. The minimum absolute atomic E-state index is 0.0562. The normalized spacial score (nSPS) is 10.6. The third kappa shape index (κ3) is 2.03. The zero-order chi connectivity index (χ0) is 11.5. The van der Waals surface area contributed by atoms with Crippen LogP contribution in [0.25, 0.3) is 11.4 Å². The van der Waals surface area contributed by atoms with E-state index < -0.39 is 0 Å². The van der Waals surface area contributed by atoms with Crippen molar-refractivity contribution in [3.05, 3.63) is 34.5 Å². The van der Waals surface area contributed by atoms with Gasteiger partial charge in [0.1, 0.15) is 5.82 Å². The Morgan fingerprint density at radius 3 is 3.00 bits per heavy atom. The van der Waals surface area contributed by atoms with E-state index in [1.165, 1.54) is 4.57 Å². The van der Waals surface area contributed by atoms with E-state index in [9.17, 15) is 4.79 Å². The van der Waals surface area contributed by atoms with Crippen LogP contribution in [0.4, 0.5) is 0 Å². The number of H-pyrrole nitrogens is 1. The Balaban J connectivity index is 2.35. The van der Waals surface area contributed by atoms with Crippen molar-refractivity contribution in [1.82, 2.24) is 19.7 Å². The smallest absolute Gasteiger partial charge is 0.250 e. The van der Waals surface area contributed by atoms with Crippen LogP contribution in [-0.2, 0) is 13.5 Å². The lowest BCUT2D eigenvalue weighted by molar-refractivity contribution is 0.841. The minimum atomic E-state index is -0.0562. The molecule has 84 valence electrons. The number of pyridine rings is 1. The van der Waals surface area contributed by atoms with Crippen LogP contribution in [0.3, 0.4) is 0 Å². The molecule has 0 saturated carbocycles. The lowest BCUT2D eigenvalue weighted by Crippen LogP contribution is -2.14. The molecule has 0 saturated heterocycles. The van der Waals surface area contributed by atoms with Crippen LogP contribution in [0.15, 0.2) is 23.1 Å². The number of hydrogen-bond donors (Lipinski definition) is 1. The summed E-state index contributed by atoms with van der Waals surface area (Å²) in [6, 6.07) is 3.37. The van der Waals surface area contributed by atoms with Crippen LogP contribution in [-0.4, -0.2) is 19.7 Å². The number of aromatic amines is 1. The lowest BCUT2D eigenvalue weighted by Gasteiger charge is -1.97. The summed E-state index contributed by atoms with van der Waals surface area (Å²) in [6.07, 6.45) is 3.61. The Hall–Kier alpha value is -1.91. The van der Waals surface area contributed by atoms with E-state index in [0.29, 0.717) is 5.82 Å². The first-order valence-electron chi connectivity index (χ1n) is 5.29. The highest BCUT2D eigenvalue weighted by molar-refractivity contribution is 5.53. The summed E-state index contributed by atoms with van der Waals surface area (Å²) in [5.41, 5.74) is 0.695. The number of rotatable bonds is 3. The number of aromatic nitrogens is 4. The molecule has 0 amide bonds. The van der Waals surface area contributed by atoms with Gasteiger partial charge in [0, 0.05) is 31.3 Å². The van der Waals surface area contributed by atoms with Crippen molar-refractivity contribution in [1.29, 1.82) is 0 Å². The van der Waals surface area contributed by atoms with Crippen LogP contribution >= 0.6 is 0 Å². The zero-order valence-electron chi connectivity index (χ0n) is 9.40. The standard InChI is InChI=1S/C11H14N4O/c1-3-4-9-12-11(14-13-9)8-5-6-15(2)10(16)7-8/h5-7H,3-4H2,1-2H3,(H,12,13,14). The van der Waals surface area contributed by atoms with Gasteiger partial charge in [0.05, 0.1) is 0 Å². The first-order valence-corrected chi connectivity index (χ1v) is 5.29. The van der Waals surface area contributed by atoms with Crippen molar-refractivity contribution in [3.63, 3.8) is 0 Å². The third-order valence-electron chi connectivity index (χ3n) is 2.38. The Morgan fingerprint density at radius 1 is 1.50 bits per heavy atom. The molecule has 0 aromatic carbocycles. The van der Waals surface area contributed by atoms with E-state index in [2.05, 4.69) is 22.1 Å². The molecule has 2 rings (SSSR count). The first kappa shape index (κ1) is 10.6. The number of nitrogens with zero attached hydrogens (tertiary/aromatic N) is 3. The molecule has 0 aliphatic rings. The molecule has 2 aromatic heterocycles. The molecule has 16 heavy (non-hydrogen) atoms. The van der Waals surface area contributed by atoms with Crippen LogP contribution in [0.1, 0.15) is 19.2 Å². The van der Waals surface area contributed by atoms with Gasteiger partial charge in [-0.25, -0.2) is 4.98 Å². The van der Waals surface area contributed by atoms with Gasteiger partial charge in [-0.1, -0.05) is 6.92 Å². The summed E-state index contributed by atoms with van der Waals surface area (Å²) in [7, 11) is 1.71. The van der Waals surface area contributed by atoms with Crippen LogP contribution < -0.4 is 5.56 Å². The highest BCUT2D eigenvalue weighted by atomic mass is 16.1. The van der Waals surface area contributed by atoms with Crippen molar-refractivity contribution in [3.8, 4) is 11.4 Å². The molecule has 5 heteroatoms. The Morgan fingerprint density at radius 2 is 2.31 bits per heavy atom. The number of nitrogens with one attached hydrogen (secondary N) is 1. The quantitative estimate of drug-likeness (QED) is 0.839. The molecule has 0 aliphatic heterocycles. The summed E-state index contributed by atoms with van der Waals surface area (Å²) >= 11 is 0. The highest BCUT2D eigenvalue weighted by Gasteiger charge is 2.06. The van der Waals surface area contributed by atoms with E-state index in [1.54, 1.807) is 19.3 Å². The molecule has 0 atom stereocenters. The summed E-state index contributed by atoms with van der Waals surface area (Å²) in [4.78, 5) is 15.8. The van der Waals surface area contributed by atoms with E-state index in [0.717, 1.165) is 24.2 Å². The predicted octanol–water partition coefficient (Wildman–Crippen LogP) is 1.12. The summed E-state index contributed by atoms with van der Waals surface area (Å²) in [5.74, 6) is 1.44. The van der Waals surface area contributed by atoms with Crippen LogP contribution in [0.5, 0.6) is 0 Å². The monoisotopic (exact) mass is 218 g/mol. The van der Waals surface area contributed by atoms with Crippen molar-refractivity contribution in [2.75, 3.05) is 0 Å². The second kappa shape index (κ2) is 4.30. The van der Waals surface area contributed by atoms with E-state index in [1.807, 2.05) is 6.07 Å². The average molecular weight is 218 g/mol. The van der Waals surface area contributed by atoms with Gasteiger partial charge in [0.15, 0.2) is 5.82 Å². The molecule has 0 fully saturated rings. The van der Waals surface area contributed by atoms with Gasteiger partial charge < -0.3 is 4.57 Å². The van der Waals surface area contributed by atoms with Crippen molar-refractivity contribution >= 4 is 0 Å². The average Bonchev–Trinajstić information content (AvgIpc) is 2.71. The molecule has 0 spiro atoms. The molecule has 5 nitrogen and oxygen atoms in total. The van der Waals surface area contributed by atoms with Gasteiger partial charge in [0.2, 0.25) is 0 Å². The molecule has 0 radical (unpaired) electrons. The van der Waals surface area contributed by atoms with Crippen LogP contribution in [0, 0.1) is 0 Å². The van der Waals surface area contributed by atoms with Gasteiger partial charge in [-0.05, 0) is 12.5 Å².